The molecule has 1 unspecified atom stereocenters. The minimum atomic E-state index is -0.913. The van der Waals surface area contributed by atoms with Gasteiger partial charge in [0.1, 0.15) is 6.04 Å². The number of rotatable bonds is 3. The molecule has 0 radical (unpaired) electrons. The SMILES string of the molecule is O=C(O)C1CCCCN1C(=O)Cc1ccc(Cl)cc1. The summed E-state index contributed by atoms with van der Waals surface area (Å²) in [6.07, 6.45) is 2.50. The Morgan fingerprint density at radius 3 is 2.58 bits per heavy atom. The molecule has 0 spiro atoms. The first-order valence-electron chi connectivity index (χ1n) is 6.34. The van der Waals surface area contributed by atoms with E-state index < -0.39 is 12.0 Å². The number of carbonyl (C=O) groups excluding carboxylic acids is 1. The second-order valence-corrected chi connectivity index (χ2v) is 5.18. The Kier molecular flexibility index (Phi) is 4.43. The Hall–Kier alpha value is -1.55. The molecule has 1 aliphatic heterocycles. The maximum absolute atomic E-state index is 12.2. The lowest BCUT2D eigenvalue weighted by atomic mass is 10.0. The van der Waals surface area contributed by atoms with Gasteiger partial charge in [0, 0.05) is 11.6 Å². The highest BCUT2D eigenvalue weighted by Crippen LogP contribution is 2.19. The number of hydrogen-bond acceptors (Lipinski definition) is 2. The number of likely N-dealkylation sites (tertiary alicyclic amines) is 1. The molecular formula is C14H16ClNO3. The summed E-state index contributed by atoms with van der Waals surface area (Å²) in [5.74, 6) is -1.04. The quantitative estimate of drug-likeness (QED) is 0.925. The van der Waals surface area contributed by atoms with Gasteiger partial charge in [0.05, 0.1) is 6.42 Å². The van der Waals surface area contributed by atoms with E-state index in [1.165, 1.54) is 4.90 Å². The van der Waals surface area contributed by atoms with E-state index >= 15 is 0 Å². The third kappa shape index (κ3) is 3.47. The fourth-order valence-electron chi connectivity index (χ4n) is 2.37. The zero-order valence-electron chi connectivity index (χ0n) is 10.5. The Balaban J connectivity index is 2.05. The Morgan fingerprint density at radius 1 is 1.26 bits per heavy atom. The zero-order valence-corrected chi connectivity index (χ0v) is 11.3. The molecule has 4 nitrogen and oxygen atoms in total. The van der Waals surface area contributed by atoms with E-state index in [2.05, 4.69) is 0 Å². The molecule has 1 saturated heterocycles. The van der Waals surface area contributed by atoms with Gasteiger partial charge in [0.2, 0.25) is 5.91 Å². The molecule has 0 aromatic heterocycles. The lowest BCUT2D eigenvalue weighted by Crippen LogP contribution is -2.48. The number of benzene rings is 1. The molecule has 5 heteroatoms. The predicted molar refractivity (Wildman–Crippen MR) is 72.1 cm³/mol. The smallest absolute Gasteiger partial charge is 0.326 e. The predicted octanol–water partition coefficient (Wildman–Crippen LogP) is 2.35. The van der Waals surface area contributed by atoms with Gasteiger partial charge >= 0.3 is 5.97 Å². The van der Waals surface area contributed by atoms with Gasteiger partial charge in [-0.1, -0.05) is 23.7 Å². The molecule has 1 aromatic rings. The van der Waals surface area contributed by atoms with Crippen LogP contribution in [0.2, 0.25) is 5.02 Å². The summed E-state index contributed by atoms with van der Waals surface area (Å²) in [7, 11) is 0. The molecule has 0 bridgehead atoms. The van der Waals surface area contributed by atoms with E-state index in [9.17, 15) is 9.59 Å². The molecule has 1 aromatic carbocycles. The molecule has 2 rings (SSSR count). The zero-order chi connectivity index (χ0) is 13.8. The normalized spacial score (nSPS) is 19.2. The Labute approximate surface area is 117 Å². The molecule has 1 amide bonds. The third-order valence-corrected chi connectivity index (χ3v) is 3.63. The second kappa shape index (κ2) is 6.06. The molecule has 1 N–H and O–H groups in total. The lowest BCUT2D eigenvalue weighted by molar-refractivity contribution is -0.151. The second-order valence-electron chi connectivity index (χ2n) is 4.74. The Morgan fingerprint density at radius 2 is 1.95 bits per heavy atom. The number of amides is 1. The maximum Gasteiger partial charge on any atom is 0.326 e. The number of carboxylic acid groups (broad SMARTS) is 1. The topological polar surface area (TPSA) is 57.6 Å². The molecule has 1 atom stereocenters. The van der Waals surface area contributed by atoms with Crippen LogP contribution in [0.5, 0.6) is 0 Å². The number of hydrogen-bond donors (Lipinski definition) is 1. The van der Waals surface area contributed by atoms with Crippen molar-refractivity contribution in [2.45, 2.75) is 31.7 Å². The summed E-state index contributed by atoms with van der Waals surface area (Å²) in [6, 6.07) is 6.37. The van der Waals surface area contributed by atoms with Crippen molar-refractivity contribution < 1.29 is 14.7 Å². The highest BCUT2D eigenvalue weighted by molar-refractivity contribution is 6.30. The van der Waals surface area contributed by atoms with Crippen LogP contribution >= 0.6 is 11.6 Å². The van der Waals surface area contributed by atoms with Crippen LogP contribution in [0.4, 0.5) is 0 Å². The monoisotopic (exact) mass is 281 g/mol. The van der Waals surface area contributed by atoms with Crippen LogP contribution in [0.1, 0.15) is 24.8 Å². The molecule has 0 aliphatic carbocycles. The number of nitrogens with zero attached hydrogens (tertiary/aromatic N) is 1. The van der Waals surface area contributed by atoms with Gasteiger partial charge in [-0.25, -0.2) is 4.79 Å². The Bertz CT molecular complexity index is 472. The van der Waals surface area contributed by atoms with Crippen molar-refractivity contribution in [2.75, 3.05) is 6.54 Å². The lowest BCUT2D eigenvalue weighted by Gasteiger charge is -2.33. The number of carboxylic acids is 1. The maximum atomic E-state index is 12.2. The summed E-state index contributed by atoms with van der Waals surface area (Å²) in [6.45, 7) is 0.531. The molecule has 19 heavy (non-hydrogen) atoms. The highest BCUT2D eigenvalue weighted by Gasteiger charge is 2.31. The first-order chi connectivity index (χ1) is 9.08. The number of piperidine rings is 1. The van der Waals surface area contributed by atoms with Gasteiger partial charge in [-0.2, -0.15) is 0 Å². The summed E-state index contributed by atoms with van der Waals surface area (Å²) < 4.78 is 0. The van der Waals surface area contributed by atoms with E-state index in [-0.39, 0.29) is 12.3 Å². The first kappa shape index (κ1) is 13.9. The van der Waals surface area contributed by atoms with Gasteiger partial charge in [-0.15, -0.1) is 0 Å². The van der Waals surface area contributed by atoms with Crippen molar-refractivity contribution in [1.29, 1.82) is 0 Å². The van der Waals surface area contributed by atoms with Gasteiger partial charge in [0.15, 0.2) is 0 Å². The number of aliphatic carboxylic acids is 1. The van der Waals surface area contributed by atoms with Crippen LogP contribution in [-0.2, 0) is 16.0 Å². The minimum Gasteiger partial charge on any atom is -0.480 e. The van der Waals surface area contributed by atoms with E-state index in [0.29, 0.717) is 18.0 Å². The van der Waals surface area contributed by atoms with Crippen LogP contribution in [-0.4, -0.2) is 34.5 Å². The minimum absolute atomic E-state index is 0.130. The van der Waals surface area contributed by atoms with Crippen LogP contribution in [0, 0.1) is 0 Å². The summed E-state index contributed by atoms with van der Waals surface area (Å²) in [4.78, 5) is 24.8. The van der Waals surface area contributed by atoms with Crippen molar-refractivity contribution >= 4 is 23.5 Å². The molecule has 1 aliphatic rings. The van der Waals surface area contributed by atoms with Crippen LogP contribution in [0.15, 0.2) is 24.3 Å². The number of carbonyl (C=O) groups is 2. The standard InChI is InChI=1S/C14H16ClNO3/c15-11-6-4-10(5-7-11)9-13(17)16-8-2-1-3-12(16)14(18)19/h4-7,12H,1-3,8-9H2,(H,18,19). The first-order valence-corrected chi connectivity index (χ1v) is 6.72. The van der Waals surface area contributed by atoms with Crippen molar-refractivity contribution in [3.05, 3.63) is 34.9 Å². The summed E-state index contributed by atoms with van der Waals surface area (Å²) >= 11 is 5.79. The summed E-state index contributed by atoms with van der Waals surface area (Å²) in [5.41, 5.74) is 0.851. The van der Waals surface area contributed by atoms with Gasteiger partial charge < -0.3 is 10.0 Å². The van der Waals surface area contributed by atoms with E-state index in [4.69, 9.17) is 16.7 Å². The van der Waals surface area contributed by atoms with Gasteiger partial charge in [-0.3, -0.25) is 4.79 Å². The van der Waals surface area contributed by atoms with E-state index in [0.717, 1.165) is 18.4 Å². The van der Waals surface area contributed by atoms with Crippen molar-refractivity contribution in [3.63, 3.8) is 0 Å². The average molecular weight is 282 g/mol. The van der Waals surface area contributed by atoms with E-state index in [1.807, 2.05) is 0 Å². The third-order valence-electron chi connectivity index (χ3n) is 3.38. The van der Waals surface area contributed by atoms with Crippen LogP contribution in [0.25, 0.3) is 0 Å². The van der Waals surface area contributed by atoms with Crippen LogP contribution < -0.4 is 0 Å². The molecule has 1 fully saturated rings. The largest absolute Gasteiger partial charge is 0.480 e. The molecule has 102 valence electrons. The fraction of sp³-hybridized carbons (Fsp3) is 0.429. The van der Waals surface area contributed by atoms with Crippen molar-refractivity contribution in [2.24, 2.45) is 0 Å². The van der Waals surface area contributed by atoms with Crippen molar-refractivity contribution in [3.8, 4) is 0 Å². The van der Waals surface area contributed by atoms with Gasteiger partial charge in [-0.05, 0) is 37.0 Å². The van der Waals surface area contributed by atoms with Crippen molar-refractivity contribution in [1.82, 2.24) is 4.90 Å². The molecular weight excluding hydrogens is 266 g/mol. The highest BCUT2D eigenvalue weighted by atomic mass is 35.5. The summed E-state index contributed by atoms with van der Waals surface area (Å²) in [5, 5.41) is 9.77. The molecule has 0 saturated carbocycles. The average Bonchev–Trinajstić information content (AvgIpc) is 2.41. The van der Waals surface area contributed by atoms with E-state index in [1.54, 1.807) is 24.3 Å². The fourth-order valence-corrected chi connectivity index (χ4v) is 2.49. The molecule has 1 heterocycles. The number of halogens is 1. The van der Waals surface area contributed by atoms with Crippen LogP contribution in [0.3, 0.4) is 0 Å². The van der Waals surface area contributed by atoms with Gasteiger partial charge in [0.25, 0.3) is 0 Å².